The number of ketones is 1. The van der Waals surface area contributed by atoms with Crippen LogP contribution in [0, 0.1) is 30.2 Å². The van der Waals surface area contributed by atoms with Crippen LogP contribution in [-0.4, -0.2) is 25.7 Å². The number of aryl methyl sites for hydroxylation is 1. The van der Waals surface area contributed by atoms with Gasteiger partial charge in [-0.15, -0.1) is 0 Å². The zero-order valence-corrected chi connectivity index (χ0v) is 19.4. The molecule has 0 atom stereocenters. The van der Waals surface area contributed by atoms with Crippen molar-refractivity contribution in [3.8, 4) is 11.6 Å². The molecule has 178 valence electrons. The minimum atomic E-state index is -5.40. The third kappa shape index (κ3) is 4.77. The molecule has 34 heavy (non-hydrogen) atoms. The van der Waals surface area contributed by atoms with E-state index in [1.165, 1.54) is 0 Å². The number of hydrogen-bond acceptors (Lipinski definition) is 4. The molecule has 0 bridgehead atoms. The zero-order valence-electron chi connectivity index (χ0n) is 16.4. The molecule has 16 heteroatoms. The number of carbonyl (C=O) groups is 1. The summed E-state index contributed by atoms with van der Waals surface area (Å²) >= 11 is 0. The van der Waals surface area contributed by atoms with E-state index in [1.807, 2.05) is 0 Å². The van der Waals surface area contributed by atoms with Gasteiger partial charge in [-0.25, -0.2) is 22.5 Å². The maximum absolute atomic E-state index is 14.0. The number of halogens is 10. The summed E-state index contributed by atoms with van der Waals surface area (Å²) in [6.07, 6.45) is -10.8. The zero-order chi connectivity index (χ0) is 25.0. The van der Waals surface area contributed by atoms with Gasteiger partial charge in [0.2, 0.25) is 11.7 Å². The van der Waals surface area contributed by atoms with Gasteiger partial charge in [0.15, 0.2) is 23.3 Å². The second-order valence-electron chi connectivity index (χ2n) is 6.46. The van der Waals surface area contributed by atoms with E-state index in [0.29, 0.717) is 0 Å². The van der Waals surface area contributed by atoms with Crippen molar-refractivity contribution in [2.45, 2.75) is 19.3 Å². The number of hydrogen-bond donors (Lipinski definition) is 1. The van der Waals surface area contributed by atoms with E-state index in [4.69, 9.17) is 0 Å². The number of pyridine rings is 1. The van der Waals surface area contributed by atoms with Crippen molar-refractivity contribution in [1.29, 1.82) is 0 Å². The smallest absolute Gasteiger partial charge is 0.433 e. The van der Waals surface area contributed by atoms with Crippen molar-refractivity contribution in [1.82, 2.24) is 14.8 Å². The van der Waals surface area contributed by atoms with Gasteiger partial charge in [-0.2, -0.15) is 36.1 Å². The molecule has 1 aromatic carbocycles. The van der Waals surface area contributed by atoms with Gasteiger partial charge < -0.3 is 5.11 Å². The second-order valence-corrected chi connectivity index (χ2v) is 6.46. The Morgan fingerprint density at radius 1 is 0.882 bits per heavy atom. The maximum atomic E-state index is 14.0. The predicted molar refractivity (Wildman–Crippen MR) is 87.5 cm³/mol. The summed E-state index contributed by atoms with van der Waals surface area (Å²) in [5, 5.41) is 13.6. The topological polar surface area (TPSA) is 68.0 Å². The van der Waals surface area contributed by atoms with Crippen LogP contribution in [0.3, 0.4) is 0 Å². The van der Waals surface area contributed by atoms with Crippen molar-refractivity contribution in [2.24, 2.45) is 0 Å². The first-order valence-electron chi connectivity index (χ1n) is 8.37. The standard InChI is InChI=1S/C18H7F10N3O2.Zn/c1-5-11(16(33)31(30-5)14-12(21)7(19)4-8(20)13(14)22)15(32)6-2-9(17(23,24)25)29-10(3-6)18(26,27)28;/h2-4,33H,1H3;. The molecule has 0 fully saturated rings. The van der Waals surface area contributed by atoms with Crippen LogP contribution >= 0.6 is 0 Å². The Morgan fingerprint density at radius 2 is 1.32 bits per heavy atom. The summed E-state index contributed by atoms with van der Waals surface area (Å²) in [6.45, 7) is 0.894. The summed E-state index contributed by atoms with van der Waals surface area (Å²) in [5.74, 6) is -11.1. The fraction of sp³-hybridized carbons (Fsp3) is 0.167. The largest absolute Gasteiger partial charge is 0.493 e. The minimum absolute atomic E-state index is 0. The van der Waals surface area contributed by atoms with Crippen LogP contribution in [0.25, 0.3) is 5.69 Å². The van der Waals surface area contributed by atoms with E-state index < -0.39 is 81.2 Å². The van der Waals surface area contributed by atoms with E-state index >= 15 is 0 Å². The Hall–Kier alpha value is -3.03. The summed E-state index contributed by atoms with van der Waals surface area (Å²) in [7, 11) is 0. The number of alkyl halides is 6. The molecular weight excluding hydrogens is 546 g/mol. The van der Waals surface area contributed by atoms with Crippen LogP contribution in [0.5, 0.6) is 5.88 Å². The van der Waals surface area contributed by atoms with Crippen LogP contribution < -0.4 is 0 Å². The number of carbonyl (C=O) groups excluding carboxylic acids is 1. The first-order valence-corrected chi connectivity index (χ1v) is 8.37. The maximum Gasteiger partial charge on any atom is 0.433 e. The molecule has 1 N–H and O–H groups in total. The van der Waals surface area contributed by atoms with Crippen LogP contribution in [0.1, 0.15) is 33.0 Å². The molecule has 2 heterocycles. The average molecular weight is 553 g/mol. The van der Waals surface area contributed by atoms with Gasteiger partial charge in [0, 0.05) is 31.1 Å². The molecular formula is C18H7F10N3O2Zn. The number of nitrogens with zero attached hydrogens (tertiary/aromatic N) is 3. The quantitative estimate of drug-likeness (QED) is 0.212. The van der Waals surface area contributed by atoms with Crippen LogP contribution in [0.2, 0.25) is 0 Å². The van der Waals surface area contributed by atoms with Gasteiger partial charge in [-0.3, -0.25) is 4.79 Å². The molecule has 0 saturated heterocycles. The molecule has 5 nitrogen and oxygen atoms in total. The number of benzene rings is 1. The number of aromatic nitrogens is 3. The van der Waals surface area contributed by atoms with E-state index in [2.05, 4.69) is 10.1 Å². The number of rotatable bonds is 3. The SMILES string of the molecule is Cc1nn(-c2c(F)c(F)cc(F)c2F)c(O)c1C(=O)c1cc(C(F)(F)F)nc(C(F)(F)F)c1.[Zn]. The second kappa shape index (κ2) is 8.97. The fourth-order valence-corrected chi connectivity index (χ4v) is 2.78. The van der Waals surface area contributed by atoms with Crippen LogP contribution in [0.15, 0.2) is 18.2 Å². The summed E-state index contributed by atoms with van der Waals surface area (Å²) in [6, 6.07) is -0.254. The number of aromatic hydroxyl groups is 1. The van der Waals surface area contributed by atoms with Gasteiger partial charge in [-0.1, -0.05) is 0 Å². The molecule has 3 rings (SSSR count). The molecule has 0 spiro atoms. The fourth-order valence-electron chi connectivity index (χ4n) is 2.78. The van der Waals surface area contributed by atoms with Gasteiger partial charge in [0.25, 0.3) is 0 Å². The molecule has 0 aliphatic rings. The first kappa shape index (κ1) is 27.2. The van der Waals surface area contributed by atoms with E-state index in [9.17, 15) is 53.8 Å². The van der Waals surface area contributed by atoms with Gasteiger partial charge in [0.1, 0.15) is 22.6 Å². The van der Waals surface area contributed by atoms with Crippen molar-refractivity contribution >= 4 is 5.78 Å². The molecule has 0 unspecified atom stereocenters. The Balaban J connectivity index is 0.00000408. The molecule has 2 aromatic heterocycles. The summed E-state index contributed by atoms with van der Waals surface area (Å²) in [5.41, 5.74) is -8.77. The molecule has 0 aliphatic carbocycles. The van der Waals surface area contributed by atoms with Gasteiger partial charge >= 0.3 is 12.4 Å². The molecule has 3 aromatic rings. The van der Waals surface area contributed by atoms with Crippen molar-refractivity contribution < 1.29 is 73.3 Å². The third-order valence-electron chi connectivity index (χ3n) is 4.23. The van der Waals surface area contributed by atoms with E-state index in [1.54, 1.807) is 0 Å². The molecule has 0 aliphatic heterocycles. The normalized spacial score (nSPS) is 12.0. The third-order valence-corrected chi connectivity index (χ3v) is 4.23. The van der Waals surface area contributed by atoms with E-state index in [0.717, 1.165) is 6.92 Å². The monoisotopic (exact) mass is 551 g/mol. The van der Waals surface area contributed by atoms with E-state index in [-0.39, 0.29) is 42.4 Å². The van der Waals surface area contributed by atoms with Crippen molar-refractivity contribution in [2.75, 3.05) is 0 Å². The molecule has 0 amide bonds. The predicted octanol–water partition coefficient (Wildman–Crippen LogP) is 5.10. The first-order chi connectivity index (χ1) is 15.0. The molecule has 0 radical (unpaired) electrons. The van der Waals surface area contributed by atoms with Gasteiger partial charge in [-0.05, 0) is 19.1 Å². The van der Waals surface area contributed by atoms with Gasteiger partial charge in [0.05, 0.1) is 5.69 Å². The Bertz CT molecular complexity index is 1230. The van der Waals surface area contributed by atoms with Crippen LogP contribution in [0.4, 0.5) is 43.9 Å². The average Bonchev–Trinajstić information content (AvgIpc) is 2.98. The molecule has 0 saturated carbocycles. The Kier molecular flexibility index (Phi) is 7.18. The minimum Gasteiger partial charge on any atom is -0.493 e. The van der Waals surface area contributed by atoms with Crippen molar-refractivity contribution in [3.05, 3.63) is 69.7 Å². The van der Waals surface area contributed by atoms with Crippen molar-refractivity contribution in [3.63, 3.8) is 0 Å². The Morgan fingerprint density at radius 3 is 1.74 bits per heavy atom. The summed E-state index contributed by atoms with van der Waals surface area (Å²) in [4.78, 5) is 15.1. The van der Waals surface area contributed by atoms with Crippen LogP contribution in [-0.2, 0) is 31.8 Å². The summed E-state index contributed by atoms with van der Waals surface area (Å²) < 4.78 is 133. The Labute approximate surface area is 194 Å².